The van der Waals surface area contributed by atoms with E-state index in [1.54, 1.807) is 6.92 Å². The number of hydrogen-bond acceptors (Lipinski definition) is 5. The molecule has 5 rings (SSSR count). The standard InChI is InChI=1S/C30H48O6/c1-17-9-14-30(24(34)35)22(33)15-28(5)18(23(30)29(17,6)36)7-8-20-25(2)12-11-21(32)26(3,16-31)19(25)10-13-27(20,28)4/h7,17,19-23,31-33,36H,8-16H2,1-6H3,(H,34,35)/t17-,19?,20-,21-,22-,23-,25+,26-,27-,28-,29-,30+/m1/s1. The van der Waals surface area contributed by atoms with Crippen LogP contribution in [0.1, 0.15) is 92.9 Å². The number of carbonyl (C=O) groups is 1. The Labute approximate surface area is 216 Å². The highest BCUT2D eigenvalue weighted by atomic mass is 16.4. The Hall–Kier alpha value is -0.950. The zero-order valence-electron chi connectivity index (χ0n) is 23.0. The third-order valence-corrected chi connectivity index (χ3v) is 13.6. The number of carboxylic acid groups (broad SMARTS) is 1. The molecule has 5 aliphatic carbocycles. The maximum atomic E-state index is 12.9. The second-order valence-corrected chi connectivity index (χ2v) is 14.7. The zero-order chi connectivity index (χ0) is 26.7. The maximum Gasteiger partial charge on any atom is 0.313 e. The van der Waals surface area contributed by atoms with Crippen molar-refractivity contribution in [2.75, 3.05) is 6.61 Å². The predicted molar refractivity (Wildman–Crippen MR) is 137 cm³/mol. The van der Waals surface area contributed by atoms with Crippen LogP contribution in [0.5, 0.6) is 0 Å². The van der Waals surface area contributed by atoms with Crippen molar-refractivity contribution < 1.29 is 30.3 Å². The number of fused-ring (bicyclic) bond motifs is 7. The average molecular weight is 505 g/mol. The Morgan fingerprint density at radius 1 is 0.972 bits per heavy atom. The molecule has 5 N–H and O–H groups in total. The molecule has 4 saturated carbocycles. The van der Waals surface area contributed by atoms with Crippen LogP contribution >= 0.6 is 0 Å². The van der Waals surface area contributed by atoms with E-state index in [4.69, 9.17) is 0 Å². The van der Waals surface area contributed by atoms with E-state index in [0.717, 1.165) is 31.3 Å². The van der Waals surface area contributed by atoms with Gasteiger partial charge in [0.05, 0.1) is 24.4 Å². The van der Waals surface area contributed by atoms with Crippen LogP contribution < -0.4 is 0 Å². The summed E-state index contributed by atoms with van der Waals surface area (Å²) in [7, 11) is 0. The van der Waals surface area contributed by atoms with Crippen LogP contribution in [-0.2, 0) is 4.79 Å². The molecule has 36 heavy (non-hydrogen) atoms. The molecule has 0 bridgehead atoms. The molecule has 6 heteroatoms. The minimum absolute atomic E-state index is 0.0289. The average Bonchev–Trinajstić information content (AvgIpc) is 2.79. The molecule has 12 atom stereocenters. The minimum Gasteiger partial charge on any atom is -0.481 e. The van der Waals surface area contributed by atoms with Gasteiger partial charge in [-0.3, -0.25) is 4.79 Å². The molecular formula is C30H48O6. The van der Waals surface area contributed by atoms with Gasteiger partial charge in [-0.05, 0) is 92.3 Å². The van der Waals surface area contributed by atoms with Gasteiger partial charge in [-0.2, -0.15) is 0 Å². The molecule has 0 spiro atoms. The van der Waals surface area contributed by atoms with Gasteiger partial charge in [-0.15, -0.1) is 0 Å². The summed E-state index contributed by atoms with van der Waals surface area (Å²) in [4.78, 5) is 12.9. The predicted octanol–water partition coefficient (Wildman–Crippen LogP) is 4.15. The topological polar surface area (TPSA) is 118 Å². The van der Waals surface area contributed by atoms with Crippen LogP contribution in [0.15, 0.2) is 11.6 Å². The van der Waals surface area contributed by atoms with Gasteiger partial charge < -0.3 is 25.5 Å². The fraction of sp³-hybridized carbons (Fsp3) is 0.900. The van der Waals surface area contributed by atoms with E-state index in [0.29, 0.717) is 25.7 Å². The monoisotopic (exact) mass is 504 g/mol. The Balaban J connectivity index is 1.67. The molecule has 0 heterocycles. The second-order valence-electron chi connectivity index (χ2n) is 14.7. The molecule has 0 saturated heterocycles. The molecular weight excluding hydrogens is 456 g/mol. The number of aliphatic hydroxyl groups excluding tert-OH is 3. The van der Waals surface area contributed by atoms with Crippen molar-refractivity contribution in [3.05, 3.63) is 11.6 Å². The smallest absolute Gasteiger partial charge is 0.313 e. The fourth-order valence-corrected chi connectivity index (χ4v) is 10.9. The molecule has 0 amide bonds. The van der Waals surface area contributed by atoms with E-state index in [9.17, 15) is 30.3 Å². The molecule has 0 radical (unpaired) electrons. The number of rotatable bonds is 2. The van der Waals surface area contributed by atoms with Crippen LogP contribution in [0.25, 0.3) is 0 Å². The van der Waals surface area contributed by atoms with Crippen LogP contribution in [0, 0.1) is 50.7 Å². The molecule has 4 fully saturated rings. The first-order valence-corrected chi connectivity index (χ1v) is 14.2. The quantitative estimate of drug-likeness (QED) is 0.361. The molecule has 0 aromatic rings. The lowest BCUT2D eigenvalue weighted by molar-refractivity contribution is -0.241. The fourth-order valence-electron chi connectivity index (χ4n) is 10.9. The zero-order valence-corrected chi connectivity index (χ0v) is 23.0. The van der Waals surface area contributed by atoms with Crippen molar-refractivity contribution in [2.24, 2.45) is 50.7 Å². The third-order valence-electron chi connectivity index (χ3n) is 13.6. The van der Waals surface area contributed by atoms with E-state index in [1.165, 1.54) is 0 Å². The Kier molecular flexibility index (Phi) is 5.77. The molecule has 0 aromatic carbocycles. The van der Waals surface area contributed by atoms with Gasteiger partial charge in [0.25, 0.3) is 0 Å². The number of hydrogen-bond donors (Lipinski definition) is 5. The van der Waals surface area contributed by atoms with Crippen molar-refractivity contribution in [3.63, 3.8) is 0 Å². The summed E-state index contributed by atoms with van der Waals surface area (Å²) in [6, 6.07) is 0. The summed E-state index contributed by atoms with van der Waals surface area (Å²) in [5.41, 5.74) is -2.79. The van der Waals surface area contributed by atoms with E-state index in [1.807, 2.05) is 13.8 Å². The van der Waals surface area contributed by atoms with Gasteiger partial charge >= 0.3 is 5.97 Å². The molecule has 204 valence electrons. The third kappa shape index (κ3) is 2.85. The van der Waals surface area contributed by atoms with Crippen molar-refractivity contribution >= 4 is 5.97 Å². The Morgan fingerprint density at radius 2 is 1.64 bits per heavy atom. The number of aliphatic carboxylic acids is 1. The summed E-state index contributed by atoms with van der Waals surface area (Å²) in [5, 5.41) is 55.5. The summed E-state index contributed by atoms with van der Waals surface area (Å²) in [6.45, 7) is 12.7. The molecule has 5 aliphatic rings. The number of allylic oxidation sites excluding steroid dienone is 1. The summed E-state index contributed by atoms with van der Waals surface area (Å²) in [6.07, 6.45) is 6.21. The van der Waals surface area contributed by atoms with E-state index in [-0.39, 0.29) is 35.2 Å². The lowest BCUT2D eigenvalue weighted by Crippen LogP contribution is -2.71. The lowest BCUT2D eigenvalue weighted by Gasteiger charge is -2.72. The molecule has 0 aliphatic heterocycles. The number of carboxylic acids is 1. The summed E-state index contributed by atoms with van der Waals surface area (Å²) in [5.74, 6) is -1.20. The van der Waals surface area contributed by atoms with E-state index < -0.39 is 45.9 Å². The highest BCUT2D eigenvalue weighted by Crippen LogP contribution is 2.76. The van der Waals surface area contributed by atoms with Crippen molar-refractivity contribution in [2.45, 2.75) is 111 Å². The molecule has 0 aromatic heterocycles. The van der Waals surface area contributed by atoms with Crippen molar-refractivity contribution in [1.82, 2.24) is 0 Å². The highest BCUT2D eigenvalue weighted by Gasteiger charge is 2.73. The maximum absolute atomic E-state index is 12.9. The van der Waals surface area contributed by atoms with Crippen molar-refractivity contribution in [1.29, 1.82) is 0 Å². The first kappa shape index (κ1) is 26.6. The van der Waals surface area contributed by atoms with Crippen LogP contribution in [0.2, 0.25) is 0 Å². The Morgan fingerprint density at radius 3 is 2.25 bits per heavy atom. The lowest BCUT2D eigenvalue weighted by atomic mass is 9.32. The first-order chi connectivity index (χ1) is 16.6. The SMILES string of the molecule is C[C@@H]1CC[C@]2(C(=O)O)[C@H](O)C[C@]3(C)C(=CC[C@@H]4[C@@]5(C)CC[C@@H](O)[C@](C)(CO)C5CC[C@]43C)[C@@H]2[C@]1(C)O. The second kappa shape index (κ2) is 7.80. The summed E-state index contributed by atoms with van der Waals surface area (Å²) < 4.78 is 0. The minimum atomic E-state index is -1.37. The molecule has 1 unspecified atom stereocenters. The van der Waals surface area contributed by atoms with Crippen LogP contribution in [-0.4, -0.2) is 55.9 Å². The molecule has 6 nitrogen and oxygen atoms in total. The van der Waals surface area contributed by atoms with Gasteiger partial charge in [0, 0.05) is 11.3 Å². The highest BCUT2D eigenvalue weighted by molar-refractivity contribution is 5.78. The van der Waals surface area contributed by atoms with Crippen molar-refractivity contribution in [3.8, 4) is 0 Å². The normalized spacial score (nSPS) is 58.6. The first-order valence-electron chi connectivity index (χ1n) is 14.2. The van der Waals surface area contributed by atoms with Crippen LogP contribution in [0.4, 0.5) is 0 Å². The summed E-state index contributed by atoms with van der Waals surface area (Å²) >= 11 is 0. The van der Waals surface area contributed by atoms with Gasteiger partial charge in [-0.1, -0.05) is 46.3 Å². The van der Waals surface area contributed by atoms with E-state index >= 15 is 0 Å². The van der Waals surface area contributed by atoms with E-state index in [2.05, 4.69) is 26.8 Å². The largest absolute Gasteiger partial charge is 0.481 e. The van der Waals surface area contributed by atoms with Gasteiger partial charge in [0.2, 0.25) is 0 Å². The number of aliphatic hydroxyl groups is 4. The van der Waals surface area contributed by atoms with Gasteiger partial charge in [-0.25, -0.2) is 0 Å². The van der Waals surface area contributed by atoms with Gasteiger partial charge in [0.15, 0.2) is 0 Å². The van der Waals surface area contributed by atoms with Gasteiger partial charge in [0.1, 0.15) is 5.41 Å². The van der Waals surface area contributed by atoms with Crippen LogP contribution in [0.3, 0.4) is 0 Å². The Bertz CT molecular complexity index is 974.